The van der Waals surface area contributed by atoms with Gasteiger partial charge in [0.05, 0.1) is 11.6 Å². The molecule has 1 aromatic rings. The molecule has 0 atom stereocenters. The molecule has 0 saturated carbocycles. The molecule has 0 unspecified atom stereocenters. The standard InChI is InChI=1S/C13H18N2OS/c14-10-12-2-4-13(5-3-12)11-15-6-9-17-8-1-7-16/h2-5,15-16H,1,6-9,11H2. The Morgan fingerprint density at radius 3 is 2.65 bits per heavy atom. The summed E-state index contributed by atoms with van der Waals surface area (Å²) < 4.78 is 0. The van der Waals surface area contributed by atoms with Gasteiger partial charge in [-0.05, 0) is 29.9 Å². The summed E-state index contributed by atoms with van der Waals surface area (Å²) in [4.78, 5) is 0. The Kier molecular flexibility index (Phi) is 7.48. The molecule has 0 aromatic heterocycles. The van der Waals surface area contributed by atoms with Crippen molar-refractivity contribution in [1.82, 2.24) is 5.32 Å². The molecule has 0 bridgehead atoms. The van der Waals surface area contributed by atoms with Crippen LogP contribution in [0.3, 0.4) is 0 Å². The van der Waals surface area contributed by atoms with E-state index in [2.05, 4.69) is 11.4 Å². The van der Waals surface area contributed by atoms with Crippen molar-refractivity contribution in [3.05, 3.63) is 35.4 Å². The maximum atomic E-state index is 8.66. The van der Waals surface area contributed by atoms with Gasteiger partial charge in [0.1, 0.15) is 0 Å². The van der Waals surface area contributed by atoms with Crippen LogP contribution in [0.5, 0.6) is 0 Å². The van der Waals surface area contributed by atoms with Crippen LogP contribution < -0.4 is 5.32 Å². The Morgan fingerprint density at radius 2 is 2.00 bits per heavy atom. The molecular formula is C13H18N2OS. The fourth-order valence-corrected chi connectivity index (χ4v) is 2.17. The molecule has 92 valence electrons. The minimum Gasteiger partial charge on any atom is -0.396 e. The lowest BCUT2D eigenvalue weighted by Crippen LogP contribution is -2.16. The SMILES string of the molecule is N#Cc1ccc(CNCCSCCCO)cc1. The number of rotatable bonds is 8. The Hall–Kier alpha value is -1.02. The molecule has 0 aliphatic heterocycles. The number of aliphatic hydroxyl groups excluding tert-OH is 1. The predicted molar refractivity (Wildman–Crippen MR) is 71.9 cm³/mol. The van der Waals surface area contributed by atoms with E-state index >= 15 is 0 Å². The van der Waals surface area contributed by atoms with Gasteiger partial charge in [0.25, 0.3) is 0 Å². The van der Waals surface area contributed by atoms with E-state index in [0.717, 1.165) is 31.0 Å². The topological polar surface area (TPSA) is 56.0 Å². The smallest absolute Gasteiger partial charge is 0.0991 e. The predicted octanol–water partition coefficient (Wildman–Crippen LogP) is 1.76. The lowest BCUT2D eigenvalue weighted by Gasteiger charge is -2.04. The van der Waals surface area contributed by atoms with Gasteiger partial charge in [-0.15, -0.1) is 0 Å². The van der Waals surface area contributed by atoms with Crippen LogP contribution in [0.4, 0.5) is 0 Å². The zero-order valence-electron chi connectivity index (χ0n) is 9.85. The Balaban J connectivity index is 2.08. The molecule has 0 heterocycles. The maximum absolute atomic E-state index is 8.66. The Bertz CT molecular complexity index is 345. The summed E-state index contributed by atoms with van der Waals surface area (Å²) in [5.41, 5.74) is 1.90. The zero-order valence-corrected chi connectivity index (χ0v) is 10.7. The molecule has 1 rings (SSSR count). The van der Waals surface area contributed by atoms with Gasteiger partial charge in [-0.25, -0.2) is 0 Å². The third kappa shape index (κ3) is 6.32. The summed E-state index contributed by atoms with van der Waals surface area (Å²) in [5.74, 6) is 2.09. The number of hydrogen-bond acceptors (Lipinski definition) is 4. The number of nitrogens with zero attached hydrogens (tertiary/aromatic N) is 1. The molecule has 1 aromatic carbocycles. The van der Waals surface area contributed by atoms with Crippen LogP contribution in [0.15, 0.2) is 24.3 Å². The van der Waals surface area contributed by atoms with Gasteiger partial charge >= 0.3 is 0 Å². The summed E-state index contributed by atoms with van der Waals surface area (Å²) in [6, 6.07) is 9.74. The highest BCUT2D eigenvalue weighted by Crippen LogP contribution is 2.03. The Morgan fingerprint density at radius 1 is 1.24 bits per heavy atom. The van der Waals surface area contributed by atoms with Crippen molar-refractivity contribution in [3.63, 3.8) is 0 Å². The zero-order chi connectivity index (χ0) is 12.3. The van der Waals surface area contributed by atoms with E-state index in [-0.39, 0.29) is 6.61 Å². The minimum atomic E-state index is 0.283. The average Bonchev–Trinajstić information content (AvgIpc) is 2.38. The van der Waals surface area contributed by atoms with E-state index < -0.39 is 0 Å². The molecular weight excluding hydrogens is 232 g/mol. The van der Waals surface area contributed by atoms with E-state index in [4.69, 9.17) is 10.4 Å². The highest BCUT2D eigenvalue weighted by Gasteiger charge is 1.94. The van der Waals surface area contributed by atoms with E-state index in [0.29, 0.717) is 5.56 Å². The lowest BCUT2D eigenvalue weighted by atomic mass is 10.1. The largest absolute Gasteiger partial charge is 0.396 e. The molecule has 0 fully saturated rings. The van der Waals surface area contributed by atoms with Gasteiger partial charge in [-0.2, -0.15) is 17.0 Å². The first-order valence-corrected chi connectivity index (χ1v) is 6.90. The van der Waals surface area contributed by atoms with Crippen LogP contribution >= 0.6 is 11.8 Å². The van der Waals surface area contributed by atoms with Crippen molar-refractivity contribution in [2.75, 3.05) is 24.7 Å². The first-order valence-electron chi connectivity index (χ1n) is 5.75. The maximum Gasteiger partial charge on any atom is 0.0991 e. The van der Waals surface area contributed by atoms with Crippen molar-refractivity contribution in [3.8, 4) is 6.07 Å². The highest BCUT2D eigenvalue weighted by atomic mass is 32.2. The molecule has 4 heteroatoms. The number of thioether (sulfide) groups is 1. The fourth-order valence-electron chi connectivity index (χ4n) is 1.34. The van der Waals surface area contributed by atoms with Gasteiger partial charge < -0.3 is 10.4 Å². The fraction of sp³-hybridized carbons (Fsp3) is 0.462. The third-order valence-corrected chi connectivity index (χ3v) is 3.35. The second kappa shape index (κ2) is 9.06. The van der Waals surface area contributed by atoms with Crippen LogP contribution in [0, 0.1) is 11.3 Å². The van der Waals surface area contributed by atoms with Crippen LogP contribution in [0.1, 0.15) is 17.5 Å². The summed E-state index contributed by atoms with van der Waals surface area (Å²) in [6.45, 7) is 2.09. The van der Waals surface area contributed by atoms with Gasteiger partial charge in [0.2, 0.25) is 0 Å². The van der Waals surface area contributed by atoms with Gasteiger partial charge in [-0.3, -0.25) is 0 Å². The summed E-state index contributed by atoms with van der Waals surface area (Å²) in [5, 5.41) is 20.6. The van der Waals surface area contributed by atoms with Crippen molar-refractivity contribution < 1.29 is 5.11 Å². The molecule has 0 spiro atoms. The molecule has 0 saturated heterocycles. The molecule has 0 radical (unpaired) electrons. The summed E-state index contributed by atoms with van der Waals surface area (Å²) in [6.07, 6.45) is 0.875. The summed E-state index contributed by atoms with van der Waals surface area (Å²) in [7, 11) is 0. The van der Waals surface area contributed by atoms with Crippen molar-refractivity contribution in [2.45, 2.75) is 13.0 Å². The van der Waals surface area contributed by atoms with Gasteiger partial charge in [0, 0.05) is 25.4 Å². The first-order chi connectivity index (χ1) is 8.36. The van der Waals surface area contributed by atoms with Crippen LogP contribution in [0.2, 0.25) is 0 Å². The molecule has 17 heavy (non-hydrogen) atoms. The van der Waals surface area contributed by atoms with E-state index in [9.17, 15) is 0 Å². The minimum absolute atomic E-state index is 0.283. The molecule has 0 aliphatic rings. The van der Waals surface area contributed by atoms with Crippen molar-refractivity contribution >= 4 is 11.8 Å². The number of benzene rings is 1. The normalized spacial score (nSPS) is 10.1. The number of hydrogen-bond donors (Lipinski definition) is 2. The number of nitrogens with one attached hydrogen (secondary N) is 1. The number of aliphatic hydroxyl groups is 1. The first kappa shape index (κ1) is 14.0. The Labute approximate surface area is 107 Å². The van der Waals surface area contributed by atoms with E-state index in [1.54, 1.807) is 0 Å². The second-order valence-corrected chi connectivity index (χ2v) is 4.90. The van der Waals surface area contributed by atoms with Crippen molar-refractivity contribution in [1.29, 1.82) is 5.26 Å². The number of nitriles is 1. The van der Waals surface area contributed by atoms with Gasteiger partial charge in [-0.1, -0.05) is 12.1 Å². The summed E-state index contributed by atoms with van der Waals surface area (Å²) >= 11 is 1.85. The van der Waals surface area contributed by atoms with Gasteiger partial charge in [0.15, 0.2) is 0 Å². The quantitative estimate of drug-likeness (QED) is 0.690. The lowest BCUT2D eigenvalue weighted by molar-refractivity contribution is 0.296. The molecule has 2 N–H and O–H groups in total. The second-order valence-electron chi connectivity index (χ2n) is 3.68. The molecule has 3 nitrogen and oxygen atoms in total. The van der Waals surface area contributed by atoms with Crippen LogP contribution in [0.25, 0.3) is 0 Å². The third-order valence-electron chi connectivity index (χ3n) is 2.28. The van der Waals surface area contributed by atoms with Crippen LogP contribution in [-0.2, 0) is 6.54 Å². The van der Waals surface area contributed by atoms with Crippen LogP contribution in [-0.4, -0.2) is 29.8 Å². The monoisotopic (exact) mass is 250 g/mol. The highest BCUT2D eigenvalue weighted by molar-refractivity contribution is 7.99. The van der Waals surface area contributed by atoms with E-state index in [1.165, 1.54) is 5.56 Å². The molecule has 0 aliphatic carbocycles. The average molecular weight is 250 g/mol. The van der Waals surface area contributed by atoms with Crippen molar-refractivity contribution in [2.24, 2.45) is 0 Å². The van der Waals surface area contributed by atoms with E-state index in [1.807, 2.05) is 36.0 Å². The molecule has 0 amide bonds.